The third kappa shape index (κ3) is 6.23. The molecule has 2 amide bonds. The summed E-state index contributed by atoms with van der Waals surface area (Å²) < 4.78 is 40.5. The van der Waals surface area contributed by atoms with E-state index in [1.54, 1.807) is 24.3 Å². The zero-order chi connectivity index (χ0) is 22.5. The maximum Gasteiger partial charge on any atom is 0.255 e. The molecule has 0 saturated heterocycles. The number of benzene rings is 2. The topological polar surface area (TPSA) is 104 Å². The fourth-order valence-corrected chi connectivity index (χ4v) is 3.52. The van der Waals surface area contributed by atoms with E-state index in [2.05, 4.69) is 21.9 Å². The summed E-state index contributed by atoms with van der Waals surface area (Å²) in [6, 6.07) is 9.25. The van der Waals surface area contributed by atoms with Crippen molar-refractivity contribution in [3.05, 3.63) is 72.1 Å². The van der Waals surface area contributed by atoms with Gasteiger partial charge in [0.15, 0.2) is 0 Å². The average Bonchev–Trinajstić information content (AvgIpc) is 2.65. The second-order valence-electron chi connectivity index (χ2n) is 7.52. The van der Waals surface area contributed by atoms with Crippen LogP contribution in [0, 0.1) is 5.82 Å². The SMILES string of the molecule is C=CCNS(=O)(=O)c1cc(C(=O)Nc2ccc(C(=O)NC(C)(C)C)cc2)ccc1F. The third-order valence-electron chi connectivity index (χ3n) is 3.79. The van der Waals surface area contributed by atoms with Crippen molar-refractivity contribution in [3.8, 4) is 0 Å². The van der Waals surface area contributed by atoms with Gasteiger partial charge in [0, 0.05) is 28.9 Å². The Morgan fingerprint density at radius 2 is 1.63 bits per heavy atom. The Morgan fingerprint density at radius 1 is 1.03 bits per heavy atom. The average molecular weight is 434 g/mol. The van der Waals surface area contributed by atoms with Gasteiger partial charge in [0.05, 0.1) is 0 Å². The van der Waals surface area contributed by atoms with Gasteiger partial charge in [-0.3, -0.25) is 9.59 Å². The molecule has 0 aliphatic rings. The Labute approximate surface area is 175 Å². The zero-order valence-electron chi connectivity index (χ0n) is 17.0. The molecule has 0 radical (unpaired) electrons. The molecule has 0 spiro atoms. The second-order valence-corrected chi connectivity index (χ2v) is 9.26. The lowest BCUT2D eigenvalue weighted by Crippen LogP contribution is -2.40. The van der Waals surface area contributed by atoms with Crippen LogP contribution in [0.25, 0.3) is 0 Å². The predicted octanol–water partition coefficient (Wildman–Crippen LogP) is 3.07. The van der Waals surface area contributed by atoms with Gasteiger partial charge in [-0.1, -0.05) is 6.08 Å². The fraction of sp³-hybridized carbons (Fsp3) is 0.238. The number of hydrogen-bond donors (Lipinski definition) is 3. The number of nitrogens with one attached hydrogen (secondary N) is 3. The second kappa shape index (κ2) is 9.19. The van der Waals surface area contributed by atoms with Gasteiger partial charge in [-0.25, -0.2) is 17.5 Å². The molecule has 0 bridgehead atoms. The summed E-state index contributed by atoms with van der Waals surface area (Å²) in [5.41, 5.74) is 0.396. The van der Waals surface area contributed by atoms with Crippen LogP contribution in [0.2, 0.25) is 0 Å². The molecule has 9 heteroatoms. The van der Waals surface area contributed by atoms with Crippen LogP contribution >= 0.6 is 0 Å². The van der Waals surface area contributed by atoms with Crippen LogP contribution < -0.4 is 15.4 Å². The van der Waals surface area contributed by atoms with Gasteiger partial charge >= 0.3 is 0 Å². The minimum atomic E-state index is -4.13. The molecule has 160 valence electrons. The number of amides is 2. The predicted molar refractivity (Wildman–Crippen MR) is 113 cm³/mol. The molecule has 30 heavy (non-hydrogen) atoms. The zero-order valence-corrected chi connectivity index (χ0v) is 17.8. The molecule has 0 saturated carbocycles. The molecular formula is C21H24FN3O4S. The summed E-state index contributed by atoms with van der Waals surface area (Å²) in [5.74, 6) is -1.85. The Hall–Kier alpha value is -3.04. The van der Waals surface area contributed by atoms with Crippen molar-refractivity contribution in [1.82, 2.24) is 10.0 Å². The lowest BCUT2D eigenvalue weighted by Gasteiger charge is -2.20. The maximum absolute atomic E-state index is 14.0. The van der Waals surface area contributed by atoms with E-state index >= 15 is 0 Å². The van der Waals surface area contributed by atoms with Crippen molar-refractivity contribution in [2.45, 2.75) is 31.2 Å². The maximum atomic E-state index is 14.0. The van der Waals surface area contributed by atoms with E-state index in [-0.39, 0.29) is 23.6 Å². The summed E-state index contributed by atoms with van der Waals surface area (Å²) in [4.78, 5) is 24.0. The van der Waals surface area contributed by atoms with Gasteiger partial charge in [-0.15, -0.1) is 6.58 Å². The number of carbonyl (C=O) groups is 2. The molecule has 0 aromatic heterocycles. The molecule has 3 N–H and O–H groups in total. The van der Waals surface area contributed by atoms with Crippen molar-refractivity contribution in [3.63, 3.8) is 0 Å². The molecule has 7 nitrogen and oxygen atoms in total. The van der Waals surface area contributed by atoms with Gasteiger partial charge in [0.1, 0.15) is 10.7 Å². The highest BCUT2D eigenvalue weighted by Gasteiger charge is 2.21. The van der Waals surface area contributed by atoms with E-state index < -0.39 is 26.6 Å². The molecule has 0 atom stereocenters. The summed E-state index contributed by atoms with van der Waals surface area (Å²) in [5, 5.41) is 5.42. The molecule has 0 fully saturated rings. The van der Waals surface area contributed by atoms with Crippen LogP contribution in [-0.2, 0) is 10.0 Å². The van der Waals surface area contributed by atoms with Crippen LogP contribution in [0.15, 0.2) is 60.0 Å². The lowest BCUT2D eigenvalue weighted by atomic mass is 10.1. The van der Waals surface area contributed by atoms with Crippen LogP contribution in [-0.4, -0.2) is 32.3 Å². The first-order valence-corrected chi connectivity index (χ1v) is 10.6. The van der Waals surface area contributed by atoms with Crippen molar-refractivity contribution in [2.75, 3.05) is 11.9 Å². The highest BCUT2D eigenvalue weighted by Crippen LogP contribution is 2.18. The van der Waals surface area contributed by atoms with Gasteiger partial charge < -0.3 is 10.6 Å². The summed E-state index contributed by atoms with van der Waals surface area (Å²) >= 11 is 0. The van der Waals surface area contributed by atoms with Gasteiger partial charge in [0.2, 0.25) is 10.0 Å². The molecule has 2 aromatic rings. The minimum Gasteiger partial charge on any atom is -0.347 e. The van der Waals surface area contributed by atoms with Crippen molar-refractivity contribution in [2.24, 2.45) is 0 Å². The van der Waals surface area contributed by atoms with E-state index in [0.29, 0.717) is 11.3 Å². The van der Waals surface area contributed by atoms with Crippen molar-refractivity contribution < 1.29 is 22.4 Å². The third-order valence-corrected chi connectivity index (χ3v) is 5.23. The molecule has 2 rings (SSSR count). The number of rotatable bonds is 7. The van der Waals surface area contributed by atoms with Crippen LogP contribution in [0.4, 0.5) is 10.1 Å². The van der Waals surface area contributed by atoms with Crippen LogP contribution in [0.5, 0.6) is 0 Å². The number of halogens is 1. The van der Waals surface area contributed by atoms with Gasteiger partial charge in [-0.2, -0.15) is 0 Å². The van der Waals surface area contributed by atoms with E-state index in [9.17, 15) is 22.4 Å². The monoisotopic (exact) mass is 433 g/mol. The number of hydrogen-bond acceptors (Lipinski definition) is 4. The smallest absolute Gasteiger partial charge is 0.255 e. The van der Waals surface area contributed by atoms with Crippen LogP contribution in [0.3, 0.4) is 0 Å². The Balaban J connectivity index is 2.17. The van der Waals surface area contributed by atoms with Crippen molar-refractivity contribution in [1.29, 1.82) is 0 Å². The quantitative estimate of drug-likeness (QED) is 0.584. The number of carbonyl (C=O) groups excluding carboxylic acids is 2. The highest BCUT2D eigenvalue weighted by atomic mass is 32.2. The standard InChI is InChI=1S/C21H24FN3O4S/c1-5-12-23-30(28,29)18-13-15(8-11-17(18)22)19(26)24-16-9-6-14(7-10-16)20(27)25-21(2,3)4/h5-11,13,23H,1,12H2,2-4H3,(H,24,26)(H,25,27). The van der Waals surface area contributed by atoms with Gasteiger partial charge in [0.25, 0.3) is 11.8 Å². The number of sulfonamides is 1. The summed E-state index contributed by atoms with van der Waals surface area (Å²) in [6.07, 6.45) is 1.32. The Morgan fingerprint density at radius 3 is 2.20 bits per heavy atom. The Bertz CT molecular complexity index is 1060. The molecule has 0 aliphatic carbocycles. The Kier molecular flexibility index (Phi) is 7.12. The van der Waals surface area contributed by atoms with E-state index in [1.165, 1.54) is 12.1 Å². The molecular weight excluding hydrogens is 409 g/mol. The molecule has 0 aliphatic heterocycles. The molecule has 0 heterocycles. The van der Waals surface area contributed by atoms with E-state index in [4.69, 9.17) is 0 Å². The van der Waals surface area contributed by atoms with E-state index in [0.717, 1.165) is 12.1 Å². The minimum absolute atomic E-state index is 0.0371. The van der Waals surface area contributed by atoms with Gasteiger partial charge in [-0.05, 0) is 63.2 Å². The first-order chi connectivity index (χ1) is 13.9. The van der Waals surface area contributed by atoms with E-state index in [1.807, 2.05) is 20.8 Å². The van der Waals surface area contributed by atoms with Crippen LogP contribution in [0.1, 0.15) is 41.5 Å². The molecule has 0 unspecified atom stereocenters. The first-order valence-electron chi connectivity index (χ1n) is 9.07. The lowest BCUT2D eigenvalue weighted by molar-refractivity contribution is 0.0919. The fourth-order valence-electron chi connectivity index (χ4n) is 2.42. The van der Waals surface area contributed by atoms with Crippen molar-refractivity contribution >= 4 is 27.5 Å². The highest BCUT2D eigenvalue weighted by molar-refractivity contribution is 7.89. The normalized spacial score (nSPS) is 11.6. The molecule has 2 aromatic carbocycles. The summed E-state index contributed by atoms with van der Waals surface area (Å²) in [7, 11) is -4.13. The number of anilines is 1. The largest absolute Gasteiger partial charge is 0.347 e. The summed E-state index contributed by atoms with van der Waals surface area (Å²) in [6.45, 7) is 8.91. The first kappa shape index (κ1) is 23.2.